The van der Waals surface area contributed by atoms with Gasteiger partial charge in [0, 0.05) is 11.8 Å². The Kier molecular flexibility index (Phi) is 5.38. The van der Waals surface area contributed by atoms with E-state index in [9.17, 15) is 10.1 Å². The lowest BCUT2D eigenvalue weighted by molar-refractivity contribution is -0.141. The summed E-state index contributed by atoms with van der Waals surface area (Å²) in [7, 11) is 4.36. The summed E-state index contributed by atoms with van der Waals surface area (Å²) in [6.07, 6.45) is 1.59. The number of hydrogen-bond acceptors (Lipinski definition) is 6. The summed E-state index contributed by atoms with van der Waals surface area (Å²) in [5.41, 5.74) is 2.16. The van der Waals surface area contributed by atoms with Crippen molar-refractivity contribution in [1.82, 2.24) is 4.98 Å². The van der Waals surface area contributed by atoms with E-state index in [-0.39, 0.29) is 5.69 Å². The molecule has 0 N–H and O–H groups in total. The fraction of sp³-hybridized carbons (Fsp3) is 0.278. The summed E-state index contributed by atoms with van der Waals surface area (Å²) >= 11 is 0. The number of pyridine rings is 1. The Morgan fingerprint density at radius 1 is 1.17 bits per heavy atom. The van der Waals surface area contributed by atoms with Gasteiger partial charge in [0.25, 0.3) is 0 Å². The number of carbonyl (C=O) groups excluding carboxylic acids is 1. The third kappa shape index (κ3) is 3.30. The molecule has 1 aromatic carbocycles. The maximum absolute atomic E-state index is 12.4. The van der Waals surface area contributed by atoms with Gasteiger partial charge in [-0.3, -0.25) is 4.79 Å². The van der Waals surface area contributed by atoms with Gasteiger partial charge >= 0.3 is 5.97 Å². The predicted octanol–water partition coefficient (Wildman–Crippen LogP) is 2.58. The lowest BCUT2D eigenvalue weighted by Gasteiger charge is -2.18. The van der Waals surface area contributed by atoms with Crippen LogP contribution in [0.1, 0.15) is 28.3 Å². The number of rotatable bonds is 5. The highest BCUT2D eigenvalue weighted by atomic mass is 16.5. The first-order chi connectivity index (χ1) is 11.5. The second-order valence-corrected chi connectivity index (χ2v) is 5.13. The van der Waals surface area contributed by atoms with Crippen molar-refractivity contribution in [2.45, 2.75) is 12.8 Å². The number of hydrogen-bond donors (Lipinski definition) is 0. The monoisotopic (exact) mass is 326 g/mol. The molecule has 6 nitrogen and oxygen atoms in total. The van der Waals surface area contributed by atoms with E-state index < -0.39 is 11.9 Å². The molecule has 0 fully saturated rings. The number of aromatic nitrogens is 1. The first-order valence-corrected chi connectivity index (χ1v) is 7.22. The van der Waals surface area contributed by atoms with Crippen LogP contribution in [0.15, 0.2) is 30.5 Å². The standard InChI is InChI=1S/C18H18N2O4/c1-11-7-13(14(9-19)20-10-11)17(18(21)24-4)12-5-6-15(22-2)16(8-12)23-3/h5-8,10,17H,1-4H3. The van der Waals surface area contributed by atoms with Crippen molar-refractivity contribution >= 4 is 5.97 Å². The van der Waals surface area contributed by atoms with E-state index in [1.807, 2.05) is 13.0 Å². The summed E-state index contributed by atoms with van der Waals surface area (Å²) in [6.45, 7) is 1.85. The van der Waals surface area contributed by atoms with Crippen LogP contribution in [0.3, 0.4) is 0 Å². The van der Waals surface area contributed by atoms with E-state index >= 15 is 0 Å². The lowest BCUT2D eigenvalue weighted by Crippen LogP contribution is -2.18. The van der Waals surface area contributed by atoms with Crippen molar-refractivity contribution in [1.29, 1.82) is 5.26 Å². The summed E-state index contributed by atoms with van der Waals surface area (Å²) in [5, 5.41) is 9.33. The highest BCUT2D eigenvalue weighted by Gasteiger charge is 2.28. The first kappa shape index (κ1) is 17.3. The van der Waals surface area contributed by atoms with E-state index in [4.69, 9.17) is 14.2 Å². The number of nitriles is 1. The van der Waals surface area contributed by atoms with Crippen LogP contribution in [0.25, 0.3) is 0 Å². The fourth-order valence-electron chi connectivity index (χ4n) is 2.50. The highest BCUT2D eigenvalue weighted by molar-refractivity contribution is 5.83. The molecule has 24 heavy (non-hydrogen) atoms. The second-order valence-electron chi connectivity index (χ2n) is 5.13. The van der Waals surface area contributed by atoms with Gasteiger partial charge in [0.1, 0.15) is 17.7 Å². The summed E-state index contributed by atoms with van der Waals surface area (Å²) < 4.78 is 15.5. The van der Waals surface area contributed by atoms with Crippen molar-refractivity contribution in [3.8, 4) is 17.6 Å². The van der Waals surface area contributed by atoms with Crippen LogP contribution >= 0.6 is 0 Å². The van der Waals surface area contributed by atoms with Gasteiger partial charge in [0.05, 0.1) is 21.3 Å². The minimum atomic E-state index is -0.781. The molecule has 6 heteroatoms. The van der Waals surface area contributed by atoms with Gasteiger partial charge in [-0.25, -0.2) is 4.98 Å². The number of ether oxygens (including phenoxy) is 3. The van der Waals surface area contributed by atoms with E-state index in [0.29, 0.717) is 22.6 Å². The Morgan fingerprint density at radius 2 is 1.88 bits per heavy atom. The quantitative estimate of drug-likeness (QED) is 0.786. The van der Waals surface area contributed by atoms with Gasteiger partial charge in [-0.2, -0.15) is 5.26 Å². The summed E-state index contributed by atoms with van der Waals surface area (Å²) in [4.78, 5) is 16.5. The molecule has 0 aliphatic rings. The van der Waals surface area contributed by atoms with Crippen LogP contribution in [-0.2, 0) is 9.53 Å². The number of methoxy groups -OCH3 is 3. The molecule has 0 radical (unpaired) electrons. The van der Waals surface area contributed by atoms with E-state index in [0.717, 1.165) is 5.56 Å². The van der Waals surface area contributed by atoms with Gasteiger partial charge in [-0.1, -0.05) is 12.1 Å². The Hall–Kier alpha value is -3.07. The summed E-state index contributed by atoms with van der Waals surface area (Å²) in [5.74, 6) is -0.223. The number of benzene rings is 1. The van der Waals surface area contributed by atoms with Gasteiger partial charge in [-0.05, 0) is 30.2 Å². The smallest absolute Gasteiger partial charge is 0.317 e. The van der Waals surface area contributed by atoms with Gasteiger partial charge in [-0.15, -0.1) is 0 Å². The van der Waals surface area contributed by atoms with Crippen LogP contribution in [0.5, 0.6) is 11.5 Å². The lowest BCUT2D eigenvalue weighted by atomic mass is 9.89. The Morgan fingerprint density at radius 3 is 2.46 bits per heavy atom. The van der Waals surface area contributed by atoms with Crippen LogP contribution in [0.4, 0.5) is 0 Å². The topological polar surface area (TPSA) is 81.4 Å². The van der Waals surface area contributed by atoms with Crippen LogP contribution in [0, 0.1) is 18.3 Å². The minimum absolute atomic E-state index is 0.186. The molecule has 1 heterocycles. The molecule has 0 aliphatic heterocycles. The van der Waals surface area contributed by atoms with Gasteiger partial charge in [0.2, 0.25) is 0 Å². The van der Waals surface area contributed by atoms with Crippen molar-refractivity contribution in [2.24, 2.45) is 0 Å². The van der Waals surface area contributed by atoms with E-state index in [1.54, 1.807) is 30.5 Å². The highest BCUT2D eigenvalue weighted by Crippen LogP contribution is 2.35. The molecule has 2 aromatic rings. The van der Waals surface area contributed by atoms with Crippen molar-refractivity contribution < 1.29 is 19.0 Å². The molecule has 0 spiro atoms. The zero-order valence-corrected chi connectivity index (χ0v) is 14.0. The molecular formula is C18H18N2O4. The largest absolute Gasteiger partial charge is 0.493 e. The molecule has 0 saturated carbocycles. The Bertz CT molecular complexity index is 796. The zero-order valence-electron chi connectivity index (χ0n) is 14.0. The predicted molar refractivity (Wildman–Crippen MR) is 87.1 cm³/mol. The molecule has 0 amide bonds. The molecule has 0 saturated heterocycles. The average Bonchev–Trinajstić information content (AvgIpc) is 2.61. The van der Waals surface area contributed by atoms with Gasteiger partial charge < -0.3 is 14.2 Å². The van der Waals surface area contributed by atoms with Crippen LogP contribution in [0.2, 0.25) is 0 Å². The number of carbonyl (C=O) groups is 1. The normalized spacial score (nSPS) is 11.3. The summed E-state index contributed by atoms with van der Waals surface area (Å²) in [6, 6.07) is 8.94. The molecule has 1 atom stereocenters. The molecule has 0 aliphatic carbocycles. The van der Waals surface area contributed by atoms with Crippen molar-refractivity contribution in [2.75, 3.05) is 21.3 Å². The van der Waals surface area contributed by atoms with Crippen molar-refractivity contribution in [3.05, 3.63) is 52.8 Å². The van der Waals surface area contributed by atoms with E-state index in [2.05, 4.69) is 4.98 Å². The zero-order chi connectivity index (χ0) is 17.7. The minimum Gasteiger partial charge on any atom is -0.493 e. The molecule has 0 bridgehead atoms. The van der Waals surface area contributed by atoms with E-state index in [1.165, 1.54) is 21.3 Å². The third-order valence-corrected chi connectivity index (χ3v) is 3.65. The maximum atomic E-state index is 12.4. The molecule has 124 valence electrons. The maximum Gasteiger partial charge on any atom is 0.317 e. The SMILES string of the molecule is COC(=O)C(c1ccc(OC)c(OC)c1)c1cc(C)cnc1C#N. The molecular weight excluding hydrogens is 308 g/mol. The first-order valence-electron chi connectivity index (χ1n) is 7.22. The number of aryl methyl sites for hydroxylation is 1. The Labute approximate surface area is 140 Å². The molecule has 1 unspecified atom stereocenters. The fourth-order valence-corrected chi connectivity index (χ4v) is 2.50. The third-order valence-electron chi connectivity index (χ3n) is 3.65. The molecule has 2 rings (SSSR count). The average molecular weight is 326 g/mol. The number of nitrogens with zero attached hydrogens (tertiary/aromatic N) is 2. The second kappa shape index (κ2) is 7.47. The van der Waals surface area contributed by atoms with Crippen molar-refractivity contribution in [3.63, 3.8) is 0 Å². The van der Waals surface area contributed by atoms with Gasteiger partial charge in [0.15, 0.2) is 11.5 Å². The van der Waals surface area contributed by atoms with Crippen LogP contribution < -0.4 is 9.47 Å². The Balaban J connectivity index is 2.65. The number of esters is 1. The van der Waals surface area contributed by atoms with Crippen LogP contribution in [-0.4, -0.2) is 32.3 Å². The molecule has 1 aromatic heterocycles.